The van der Waals surface area contributed by atoms with E-state index in [1.165, 1.54) is 0 Å². The third kappa shape index (κ3) is 4.65. The summed E-state index contributed by atoms with van der Waals surface area (Å²) in [5.41, 5.74) is 0. The normalized spacial score (nSPS) is 13.9. The summed E-state index contributed by atoms with van der Waals surface area (Å²) in [6, 6.07) is 17.5. The van der Waals surface area contributed by atoms with E-state index >= 15 is 0 Å². The molecule has 0 aromatic heterocycles. The molecular weight excluding hydrogens is 351 g/mol. The van der Waals surface area contributed by atoms with E-state index in [1.54, 1.807) is 48.5 Å². The van der Waals surface area contributed by atoms with Crippen molar-refractivity contribution < 1.29 is 14.9 Å². The van der Waals surface area contributed by atoms with Crippen molar-refractivity contribution in [2.75, 3.05) is 0 Å². The van der Waals surface area contributed by atoms with Gasteiger partial charge >= 0.3 is 123 Å². The van der Waals surface area contributed by atoms with Crippen LogP contribution in [0.25, 0.3) is 0 Å². The summed E-state index contributed by atoms with van der Waals surface area (Å²) < 4.78 is 33.5. The van der Waals surface area contributed by atoms with Gasteiger partial charge in [-0.2, -0.15) is 0 Å². The van der Waals surface area contributed by atoms with Crippen LogP contribution in [0.4, 0.5) is 0 Å². The van der Waals surface area contributed by atoms with Crippen molar-refractivity contribution in [1.82, 2.24) is 0 Å². The molecule has 4 nitrogen and oxygen atoms in total. The Morgan fingerprint density at radius 1 is 0.684 bits per heavy atom. The van der Waals surface area contributed by atoms with Crippen LogP contribution in [0.2, 0.25) is 0 Å². The first-order valence-electron chi connectivity index (χ1n) is 5.23. The summed E-state index contributed by atoms with van der Waals surface area (Å²) in [5, 5.41) is 0. The van der Waals surface area contributed by atoms with Crippen LogP contribution in [0.5, 0.6) is 0 Å². The minimum atomic E-state index is -1.59. The fourth-order valence-corrected chi connectivity index (χ4v) is 4.36. The van der Waals surface area contributed by atoms with Crippen molar-refractivity contribution in [2.45, 2.75) is 9.79 Å². The van der Waals surface area contributed by atoms with E-state index in [9.17, 15) is 8.42 Å². The van der Waals surface area contributed by atoms with Gasteiger partial charge < -0.3 is 0 Å². The molecule has 0 saturated heterocycles. The molecule has 2 rings (SSSR count). The molecule has 2 unspecified atom stereocenters. The molecular formula is C12H10O4S2Se. The van der Waals surface area contributed by atoms with Gasteiger partial charge in [-0.05, 0) is 0 Å². The fraction of sp³-hybridized carbons (Fsp3) is 0. The fourth-order valence-electron chi connectivity index (χ4n) is 1.20. The van der Waals surface area contributed by atoms with Crippen LogP contribution in [0, 0.1) is 0 Å². The van der Waals surface area contributed by atoms with Crippen LogP contribution in [-0.2, 0) is 28.7 Å². The molecule has 0 aliphatic heterocycles. The Morgan fingerprint density at radius 2 is 1.05 bits per heavy atom. The second-order valence-electron chi connectivity index (χ2n) is 3.30. The van der Waals surface area contributed by atoms with Crippen LogP contribution >= 0.6 is 0 Å². The summed E-state index contributed by atoms with van der Waals surface area (Å²) in [6.07, 6.45) is 0. The van der Waals surface area contributed by atoms with Gasteiger partial charge in [0.05, 0.1) is 0 Å². The maximum absolute atomic E-state index is 11.7. The second-order valence-corrected chi connectivity index (χ2v) is 7.45. The molecule has 0 N–H and O–H groups in total. The Bertz CT molecular complexity index is 511. The molecule has 0 fully saturated rings. The number of hydrogen-bond acceptors (Lipinski definition) is 4. The zero-order valence-electron chi connectivity index (χ0n) is 9.63. The average Bonchev–Trinajstić information content (AvgIpc) is 2.49. The SMILES string of the molecule is O=S(O[Se]OS(=O)c1ccccc1)c1ccccc1. The van der Waals surface area contributed by atoms with Gasteiger partial charge in [0.25, 0.3) is 0 Å². The third-order valence-corrected chi connectivity index (χ3v) is 5.98. The number of benzene rings is 2. The van der Waals surface area contributed by atoms with Crippen LogP contribution in [0.3, 0.4) is 0 Å². The molecule has 100 valence electrons. The van der Waals surface area contributed by atoms with Gasteiger partial charge in [0, 0.05) is 0 Å². The van der Waals surface area contributed by atoms with Gasteiger partial charge in [0.15, 0.2) is 0 Å². The van der Waals surface area contributed by atoms with E-state index in [0.717, 1.165) is 0 Å². The van der Waals surface area contributed by atoms with E-state index in [4.69, 9.17) is 6.53 Å². The molecule has 2 aromatic rings. The second kappa shape index (κ2) is 7.69. The summed E-state index contributed by atoms with van der Waals surface area (Å²) in [4.78, 5) is 1.11. The Balaban J connectivity index is 1.81. The van der Waals surface area contributed by atoms with Crippen molar-refractivity contribution in [2.24, 2.45) is 0 Å². The molecule has 0 spiro atoms. The molecule has 0 aliphatic carbocycles. The molecule has 2 atom stereocenters. The summed E-state index contributed by atoms with van der Waals surface area (Å²) in [6.45, 7) is 0. The Labute approximate surface area is 123 Å². The van der Waals surface area contributed by atoms with Gasteiger partial charge in [-0.1, -0.05) is 0 Å². The zero-order chi connectivity index (χ0) is 13.5. The maximum atomic E-state index is 11.7. The van der Waals surface area contributed by atoms with Crippen LogP contribution in [0.15, 0.2) is 70.5 Å². The standard InChI is InChI=1S/C12H10O4S2Se/c13-17(11-7-3-1-4-8-11)15-19-16-18(14)12-9-5-2-6-10-12/h1-10H. The monoisotopic (exact) mass is 362 g/mol. The molecule has 2 aromatic carbocycles. The summed E-state index contributed by atoms with van der Waals surface area (Å²) in [5.74, 6) is 0. The van der Waals surface area contributed by atoms with Crippen molar-refractivity contribution in [1.29, 1.82) is 0 Å². The summed E-state index contributed by atoms with van der Waals surface area (Å²) >= 11 is -4.05. The predicted molar refractivity (Wildman–Crippen MR) is 73.6 cm³/mol. The first kappa shape index (κ1) is 14.6. The van der Waals surface area contributed by atoms with Gasteiger partial charge in [-0.15, -0.1) is 0 Å². The van der Waals surface area contributed by atoms with Gasteiger partial charge in [-0.3, -0.25) is 0 Å². The van der Waals surface area contributed by atoms with E-state index in [0.29, 0.717) is 9.79 Å². The van der Waals surface area contributed by atoms with E-state index in [2.05, 4.69) is 0 Å². The third-order valence-electron chi connectivity index (χ3n) is 2.05. The first-order valence-corrected chi connectivity index (χ1v) is 8.78. The van der Waals surface area contributed by atoms with Crippen LogP contribution < -0.4 is 0 Å². The van der Waals surface area contributed by atoms with E-state index in [-0.39, 0.29) is 0 Å². The predicted octanol–water partition coefficient (Wildman–Crippen LogP) is 2.00. The molecule has 0 bridgehead atoms. The van der Waals surface area contributed by atoms with Crippen molar-refractivity contribution >= 4 is 37.8 Å². The molecule has 0 heterocycles. The average molecular weight is 361 g/mol. The Morgan fingerprint density at radius 3 is 1.42 bits per heavy atom. The van der Waals surface area contributed by atoms with Gasteiger partial charge in [0.1, 0.15) is 0 Å². The van der Waals surface area contributed by atoms with Gasteiger partial charge in [0.2, 0.25) is 0 Å². The molecule has 0 amide bonds. The first-order chi connectivity index (χ1) is 9.27. The van der Waals surface area contributed by atoms with Crippen LogP contribution in [0.1, 0.15) is 0 Å². The minimum absolute atomic E-state index is 0.554. The molecule has 0 radical (unpaired) electrons. The van der Waals surface area contributed by atoms with Crippen molar-refractivity contribution in [3.05, 3.63) is 60.7 Å². The van der Waals surface area contributed by atoms with Crippen molar-refractivity contribution in [3.8, 4) is 0 Å². The zero-order valence-corrected chi connectivity index (χ0v) is 13.0. The molecule has 0 saturated carbocycles. The quantitative estimate of drug-likeness (QED) is 0.739. The van der Waals surface area contributed by atoms with E-state index in [1.807, 2.05) is 12.1 Å². The number of hydrogen-bond donors (Lipinski definition) is 0. The molecule has 0 aliphatic rings. The van der Waals surface area contributed by atoms with Crippen molar-refractivity contribution in [3.63, 3.8) is 0 Å². The molecule has 19 heavy (non-hydrogen) atoms. The molecule has 7 heteroatoms. The summed E-state index contributed by atoms with van der Waals surface area (Å²) in [7, 11) is 0. The van der Waals surface area contributed by atoms with E-state index < -0.39 is 37.8 Å². The number of rotatable bonds is 6. The Kier molecular flexibility index (Phi) is 5.90. The van der Waals surface area contributed by atoms with Gasteiger partial charge in [-0.25, -0.2) is 0 Å². The van der Waals surface area contributed by atoms with Crippen LogP contribution in [-0.4, -0.2) is 24.0 Å². The Hall–Kier alpha value is -0.821. The topological polar surface area (TPSA) is 52.6 Å².